The summed E-state index contributed by atoms with van der Waals surface area (Å²) in [4.78, 5) is 11.3. The zero-order chi connectivity index (χ0) is 12.7. The number of nitrogen functional groups attached to an aromatic ring is 1. The number of aromatic nitrogens is 3. The molecule has 0 saturated carbocycles. The van der Waals surface area contributed by atoms with Gasteiger partial charge in [0.2, 0.25) is 5.95 Å². The summed E-state index contributed by atoms with van der Waals surface area (Å²) in [5, 5.41) is 1.70. The lowest BCUT2D eigenvalue weighted by Crippen LogP contribution is -1.97. The smallest absolute Gasteiger partial charge is 0.220 e. The van der Waals surface area contributed by atoms with Gasteiger partial charge >= 0.3 is 0 Å². The SMILES string of the molecule is Cc1nc(N)ncc1-c1ccc2[nH]c(Cl)cc2c1. The van der Waals surface area contributed by atoms with Crippen LogP contribution in [0.3, 0.4) is 0 Å². The second kappa shape index (κ2) is 3.99. The van der Waals surface area contributed by atoms with Crippen LogP contribution in [0, 0.1) is 6.92 Å². The number of nitrogens with zero attached hydrogens (tertiary/aromatic N) is 2. The summed E-state index contributed by atoms with van der Waals surface area (Å²) < 4.78 is 0. The normalized spacial score (nSPS) is 11.0. The Labute approximate surface area is 109 Å². The predicted octanol–water partition coefficient (Wildman–Crippen LogP) is 3.17. The fourth-order valence-corrected chi connectivity index (χ4v) is 2.25. The van der Waals surface area contributed by atoms with Gasteiger partial charge in [-0.2, -0.15) is 0 Å². The summed E-state index contributed by atoms with van der Waals surface area (Å²) >= 11 is 5.94. The Morgan fingerprint density at radius 1 is 1.28 bits per heavy atom. The molecule has 0 saturated heterocycles. The van der Waals surface area contributed by atoms with Gasteiger partial charge in [-0.15, -0.1) is 0 Å². The number of halogens is 1. The molecule has 0 unspecified atom stereocenters. The van der Waals surface area contributed by atoms with Gasteiger partial charge < -0.3 is 10.7 Å². The Morgan fingerprint density at radius 3 is 2.89 bits per heavy atom. The number of anilines is 1. The maximum atomic E-state index is 5.94. The van der Waals surface area contributed by atoms with Gasteiger partial charge in [-0.3, -0.25) is 0 Å². The number of fused-ring (bicyclic) bond motifs is 1. The van der Waals surface area contributed by atoms with Crippen molar-refractivity contribution in [3.8, 4) is 11.1 Å². The molecule has 0 bridgehead atoms. The molecule has 0 radical (unpaired) electrons. The van der Waals surface area contributed by atoms with Crippen LogP contribution in [0.15, 0.2) is 30.5 Å². The van der Waals surface area contributed by atoms with Crippen molar-refractivity contribution >= 4 is 28.5 Å². The molecule has 0 atom stereocenters. The Hall–Kier alpha value is -2.07. The lowest BCUT2D eigenvalue weighted by Gasteiger charge is -2.05. The Bertz CT molecular complexity index is 733. The van der Waals surface area contributed by atoms with Crippen molar-refractivity contribution in [2.24, 2.45) is 0 Å². The van der Waals surface area contributed by atoms with Gasteiger partial charge in [0, 0.05) is 22.7 Å². The van der Waals surface area contributed by atoms with Crippen LogP contribution >= 0.6 is 11.6 Å². The highest BCUT2D eigenvalue weighted by molar-refractivity contribution is 6.30. The van der Waals surface area contributed by atoms with E-state index < -0.39 is 0 Å². The Balaban J connectivity index is 2.18. The first-order chi connectivity index (χ1) is 8.63. The summed E-state index contributed by atoms with van der Waals surface area (Å²) in [6.45, 7) is 1.92. The molecule has 0 fully saturated rings. The molecule has 3 N–H and O–H groups in total. The van der Waals surface area contributed by atoms with Crippen LogP contribution in [-0.4, -0.2) is 15.0 Å². The van der Waals surface area contributed by atoms with Crippen molar-refractivity contribution in [3.63, 3.8) is 0 Å². The molecular formula is C13H11ClN4. The molecule has 5 heteroatoms. The number of hydrogen-bond acceptors (Lipinski definition) is 3. The number of H-pyrrole nitrogens is 1. The monoisotopic (exact) mass is 258 g/mol. The highest BCUT2D eigenvalue weighted by Gasteiger charge is 2.06. The lowest BCUT2D eigenvalue weighted by molar-refractivity contribution is 1.12. The third-order valence-electron chi connectivity index (χ3n) is 2.90. The topological polar surface area (TPSA) is 67.6 Å². The molecule has 90 valence electrons. The summed E-state index contributed by atoms with van der Waals surface area (Å²) in [7, 11) is 0. The number of nitrogens with two attached hydrogens (primary N) is 1. The van der Waals surface area contributed by atoms with Gasteiger partial charge in [0.05, 0.1) is 5.69 Å². The zero-order valence-corrected chi connectivity index (χ0v) is 10.5. The Morgan fingerprint density at radius 2 is 2.11 bits per heavy atom. The molecule has 2 aromatic heterocycles. The molecule has 3 rings (SSSR count). The fourth-order valence-electron chi connectivity index (χ4n) is 2.03. The minimum atomic E-state index is 0.294. The molecular weight excluding hydrogens is 248 g/mol. The van der Waals surface area contributed by atoms with Crippen molar-refractivity contribution in [1.82, 2.24) is 15.0 Å². The maximum Gasteiger partial charge on any atom is 0.220 e. The van der Waals surface area contributed by atoms with Gasteiger partial charge in [-0.25, -0.2) is 9.97 Å². The van der Waals surface area contributed by atoms with E-state index in [0.29, 0.717) is 11.1 Å². The lowest BCUT2D eigenvalue weighted by atomic mass is 10.0. The third kappa shape index (κ3) is 1.80. The van der Waals surface area contributed by atoms with E-state index >= 15 is 0 Å². The molecule has 18 heavy (non-hydrogen) atoms. The highest BCUT2D eigenvalue weighted by Crippen LogP contribution is 2.27. The van der Waals surface area contributed by atoms with Crippen LogP contribution in [0.5, 0.6) is 0 Å². The molecule has 0 amide bonds. The largest absolute Gasteiger partial charge is 0.368 e. The number of aromatic amines is 1. The van der Waals surface area contributed by atoms with E-state index in [1.165, 1.54) is 0 Å². The molecule has 2 heterocycles. The fraction of sp³-hybridized carbons (Fsp3) is 0.0769. The molecule has 1 aromatic carbocycles. The van der Waals surface area contributed by atoms with Crippen LogP contribution in [0.4, 0.5) is 5.95 Å². The van der Waals surface area contributed by atoms with Gasteiger partial charge in [-0.1, -0.05) is 17.7 Å². The Kier molecular flexibility index (Phi) is 2.45. The first-order valence-electron chi connectivity index (χ1n) is 5.51. The first-order valence-corrected chi connectivity index (χ1v) is 5.89. The van der Waals surface area contributed by atoms with Crippen molar-refractivity contribution in [2.45, 2.75) is 6.92 Å². The maximum absolute atomic E-state index is 5.94. The minimum absolute atomic E-state index is 0.294. The van der Waals surface area contributed by atoms with Crippen molar-refractivity contribution in [3.05, 3.63) is 41.3 Å². The minimum Gasteiger partial charge on any atom is -0.368 e. The number of nitrogens with one attached hydrogen (secondary N) is 1. The second-order valence-corrected chi connectivity index (χ2v) is 4.55. The van der Waals surface area contributed by atoms with Crippen molar-refractivity contribution in [1.29, 1.82) is 0 Å². The second-order valence-electron chi connectivity index (χ2n) is 4.15. The van der Waals surface area contributed by atoms with E-state index in [4.69, 9.17) is 17.3 Å². The quantitative estimate of drug-likeness (QED) is 0.704. The van der Waals surface area contributed by atoms with Crippen LogP contribution in [-0.2, 0) is 0 Å². The van der Waals surface area contributed by atoms with Gasteiger partial charge in [0.1, 0.15) is 5.15 Å². The zero-order valence-electron chi connectivity index (χ0n) is 9.74. The van der Waals surface area contributed by atoms with Gasteiger partial charge in [-0.05, 0) is 30.7 Å². The first kappa shape index (κ1) is 11.0. The van der Waals surface area contributed by atoms with Crippen LogP contribution in [0.2, 0.25) is 5.15 Å². The summed E-state index contributed by atoms with van der Waals surface area (Å²) in [5.74, 6) is 0.294. The van der Waals surface area contributed by atoms with E-state index in [9.17, 15) is 0 Å². The van der Waals surface area contributed by atoms with E-state index in [0.717, 1.165) is 27.7 Å². The predicted molar refractivity (Wildman–Crippen MR) is 73.5 cm³/mol. The average molecular weight is 259 g/mol. The van der Waals surface area contributed by atoms with Crippen LogP contribution < -0.4 is 5.73 Å². The van der Waals surface area contributed by atoms with E-state index in [-0.39, 0.29) is 0 Å². The standard InChI is InChI=1S/C13H11ClN4/c1-7-10(6-16-13(15)17-7)8-2-3-11-9(4-8)5-12(14)18-11/h2-6,18H,1H3,(H2,15,16,17). The average Bonchev–Trinajstić information content (AvgIpc) is 2.68. The van der Waals surface area contributed by atoms with E-state index in [1.807, 2.05) is 25.1 Å². The summed E-state index contributed by atoms with van der Waals surface area (Å²) in [6.07, 6.45) is 1.74. The van der Waals surface area contributed by atoms with E-state index in [1.54, 1.807) is 6.20 Å². The van der Waals surface area contributed by atoms with Crippen molar-refractivity contribution < 1.29 is 0 Å². The van der Waals surface area contributed by atoms with E-state index in [2.05, 4.69) is 21.0 Å². The van der Waals surface area contributed by atoms with Crippen LogP contribution in [0.25, 0.3) is 22.0 Å². The number of benzene rings is 1. The molecule has 3 aromatic rings. The van der Waals surface area contributed by atoms with Gasteiger partial charge in [0.25, 0.3) is 0 Å². The van der Waals surface area contributed by atoms with Crippen LogP contribution in [0.1, 0.15) is 5.69 Å². The molecule has 4 nitrogen and oxygen atoms in total. The number of hydrogen-bond donors (Lipinski definition) is 2. The summed E-state index contributed by atoms with van der Waals surface area (Å²) in [5.41, 5.74) is 9.46. The molecule has 0 aliphatic carbocycles. The number of rotatable bonds is 1. The molecule has 0 spiro atoms. The molecule has 0 aliphatic rings. The van der Waals surface area contributed by atoms with Gasteiger partial charge in [0.15, 0.2) is 0 Å². The summed E-state index contributed by atoms with van der Waals surface area (Å²) in [6, 6.07) is 7.96. The van der Waals surface area contributed by atoms with Crippen molar-refractivity contribution in [2.75, 3.05) is 5.73 Å². The third-order valence-corrected chi connectivity index (χ3v) is 3.10. The number of aryl methyl sites for hydroxylation is 1. The molecule has 0 aliphatic heterocycles. The highest BCUT2D eigenvalue weighted by atomic mass is 35.5.